The molecule has 16 heavy (non-hydrogen) atoms. The first-order valence-corrected chi connectivity index (χ1v) is 6.73. The van der Waals surface area contributed by atoms with Crippen LogP contribution < -0.4 is 5.32 Å². The highest BCUT2D eigenvalue weighted by molar-refractivity contribution is 9.10. The normalized spacial score (nSPS) is 21.0. The minimum Gasteiger partial charge on any atom is -0.507 e. The van der Waals surface area contributed by atoms with E-state index in [1.807, 2.05) is 6.07 Å². The molecule has 88 valence electrons. The summed E-state index contributed by atoms with van der Waals surface area (Å²) in [5.41, 5.74) is 2.13. The first-order valence-electron chi connectivity index (χ1n) is 5.94. The minimum absolute atomic E-state index is 0.455. The Morgan fingerprint density at radius 1 is 1.50 bits per heavy atom. The summed E-state index contributed by atoms with van der Waals surface area (Å²) in [6, 6.07) is 4.07. The van der Waals surface area contributed by atoms with E-state index in [1.54, 1.807) is 0 Å². The van der Waals surface area contributed by atoms with E-state index in [-0.39, 0.29) is 0 Å². The number of benzene rings is 1. The molecule has 1 fully saturated rings. The van der Waals surface area contributed by atoms with Gasteiger partial charge in [0.05, 0.1) is 0 Å². The van der Waals surface area contributed by atoms with Gasteiger partial charge in [-0.3, -0.25) is 0 Å². The van der Waals surface area contributed by atoms with E-state index in [0.29, 0.717) is 11.7 Å². The van der Waals surface area contributed by atoms with Gasteiger partial charge < -0.3 is 10.4 Å². The molecule has 3 heteroatoms. The molecule has 0 saturated carbocycles. The molecule has 2 rings (SSSR count). The fourth-order valence-corrected chi connectivity index (χ4v) is 2.90. The van der Waals surface area contributed by atoms with Crippen LogP contribution in [0.15, 0.2) is 16.6 Å². The summed E-state index contributed by atoms with van der Waals surface area (Å²) >= 11 is 3.52. The summed E-state index contributed by atoms with van der Waals surface area (Å²) < 4.78 is 1.07. The fourth-order valence-electron chi connectivity index (χ4n) is 2.38. The highest BCUT2D eigenvalue weighted by atomic mass is 79.9. The molecule has 0 radical (unpaired) electrons. The Morgan fingerprint density at radius 3 is 2.94 bits per heavy atom. The first-order chi connectivity index (χ1) is 7.72. The number of piperidine rings is 1. The number of halogens is 1. The molecule has 2 N–H and O–H groups in total. The van der Waals surface area contributed by atoms with Crippen LogP contribution in [0, 0.1) is 0 Å². The summed E-state index contributed by atoms with van der Waals surface area (Å²) in [5, 5.41) is 13.6. The predicted octanol–water partition coefficient (Wildman–Crippen LogP) is 3.18. The van der Waals surface area contributed by atoms with Crippen molar-refractivity contribution in [1.82, 2.24) is 5.32 Å². The molecule has 1 aromatic rings. The number of hydrogen-bond donors (Lipinski definition) is 2. The fraction of sp³-hybridized carbons (Fsp3) is 0.538. The topological polar surface area (TPSA) is 32.3 Å². The van der Waals surface area contributed by atoms with E-state index < -0.39 is 0 Å². The van der Waals surface area contributed by atoms with Crippen molar-refractivity contribution in [3.05, 3.63) is 27.7 Å². The molecular formula is C13H18BrNO. The monoisotopic (exact) mass is 283 g/mol. The van der Waals surface area contributed by atoms with Gasteiger partial charge in [0.2, 0.25) is 0 Å². The lowest BCUT2D eigenvalue weighted by Gasteiger charge is -2.24. The van der Waals surface area contributed by atoms with Gasteiger partial charge in [-0.15, -0.1) is 0 Å². The number of rotatable bonds is 2. The van der Waals surface area contributed by atoms with Gasteiger partial charge >= 0.3 is 0 Å². The highest BCUT2D eigenvalue weighted by Gasteiger charge is 2.20. The Balaban J connectivity index is 2.34. The van der Waals surface area contributed by atoms with Crippen LogP contribution in [-0.2, 0) is 6.42 Å². The molecule has 0 bridgehead atoms. The van der Waals surface area contributed by atoms with E-state index >= 15 is 0 Å². The second-order valence-electron chi connectivity index (χ2n) is 4.40. The SMILES string of the molecule is CCc1cc(Br)cc(C2CCCNC2)c1O. The van der Waals surface area contributed by atoms with Gasteiger partial charge in [-0.2, -0.15) is 0 Å². The molecule has 1 heterocycles. The van der Waals surface area contributed by atoms with Crippen molar-refractivity contribution in [1.29, 1.82) is 0 Å². The summed E-state index contributed by atoms with van der Waals surface area (Å²) in [6.45, 7) is 4.16. The van der Waals surface area contributed by atoms with Gasteiger partial charge in [0.15, 0.2) is 0 Å². The van der Waals surface area contributed by atoms with Crippen molar-refractivity contribution in [2.75, 3.05) is 13.1 Å². The van der Waals surface area contributed by atoms with Crippen LogP contribution in [0.4, 0.5) is 0 Å². The molecular weight excluding hydrogens is 266 g/mol. The van der Waals surface area contributed by atoms with Gasteiger partial charge in [0.25, 0.3) is 0 Å². The predicted molar refractivity (Wildman–Crippen MR) is 70.0 cm³/mol. The molecule has 1 aromatic carbocycles. The lowest BCUT2D eigenvalue weighted by atomic mass is 9.89. The number of phenolic OH excluding ortho intramolecular Hbond substituents is 1. The smallest absolute Gasteiger partial charge is 0.122 e. The molecule has 0 aliphatic carbocycles. The summed E-state index contributed by atoms with van der Waals surface area (Å²) in [5.74, 6) is 0.955. The lowest BCUT2D eigenvalue weighted by molar-refractivity contribution is 0.422. The average molecular weight is 284 g/mol. The molecule has 1 aliphatic heterocycles. The number of hydrogen-bond acceptors (Lipinski definition) is 2. The van der Waals surface area contributed by atoms with Crippen molar-refractivity contribution in [2.24, 2.45) is 0 Å². The Hall–Kier alpha value is -0.540. The number of aromatic hydroxyl groups is 1. The standard InChI is InChI=1S/C13H18BrNO/c1-2-9-6-11(14)7-12(13(9)16)10-4-3-5-15-8-10/h6-7,10,15-16H,2-5,8H2,1H3. The Bertz CT molecular complexity index is 372. The maximum absolute atomic E-state index is 10.2. The molecule has 1 atom stereocenters. The Kier molecular flexibility index (Phi) is 3.87. The highest BCUT2D eigenvalue weighted by Crippen LogP contribution is 2.35. The van der Waals surface area contributed by atoms with Crippen LogP contribution in [0.1, 0.15) is 36.8 Å². The van der Waals surface area contributed by atoms with E-state index in [0.717, 1.165) is 35.1 Å². The maximum Gasteiger partial charge on any atom is 0.122 e. The van der Waals surface area contributed by atoms with Gasteiger partial charge in [0, 0.05) is 16.9 Å². The van der Waals surface area contributed by atoms with Crippen molar-refractivity contribution in [3.63, 3.8) is 0 Å². The number of aryl methyl sites for hydroxylation is 1. The Morgan fingerprint density at radius 2 is 2.31 bits per heavy atom. The van der Waals surface area contributed by atoms with Crippen molar-refractivity contribution < 1.29 is 5.11 Å². The van der Waals surface area contributed by atoms with Gasteiger partial charge in [-0.25, -0.2) is 0 Å². The van der Waals surface area contributed by atoms with Crippen molar-refractivity contribution >= 4 is 15.9 Å². The van der Waals surface area contributed by atoms with Crippen LogP contribution in [0.5, 0.6) is 5.75 Å². The average Bonchev–Trinajstić information content (AvgIpc) is 2.33. The molecule has 0 spiro atoms. The third kappa shape index (κ3) is 2.41. The van der Waals surface area contributed by atoms with Crippen molar-refractivity contribution in [3.8, 4) is 5.75 Å². The molecule has 1 saturated heterocycles. The van der Waals surface area contributed by atoms with Crippen LogP contribution in [0.25, 0.3) is 0 Å². The Labute approximate surface area is 105 Å². The van der Waals surface area contributed by atoms with Crippen LogP contribution in [-0.4, -0.2) is 18.2 Å². The zero-order valence-electron chi connectivity index (χ0n) is 9.59. The summed E-state index contributed by atoms with van der Waals surface area (Å²) in [7, 11) is 0. The minimum atomic E-state index is 0.455. The van der Waals surface area contributed by atoms with Crippen LogP contribution in [0.2, 0.25) is 0 Å². The second-order valence-corrected chi connectivity index (χ2v) is 5.32. The number of phenols is 1. The van der Waals surface area contributed by atoms with E-state index in [9.17, 15) is 5.11 Å². The summed E-state index contributed by atoms with van der Waals surface area (Å²) in [4.78, 5) is 0. The lowest BCUT2D eigenvalue weighted by Crippen LogP contribution is -2.28. The van der Waals surface area contributed by atoms with Crippen molar-refractivity contribution in [2.45, 2.75) is 32.1 Å². The molecule has 1 unspecified atom stereocenters. The van der Waals surface area contributed by atoms with Crippen LogP contribution >= 0.6 is 15.9 Å². The van der Waals surface area contributed by atoms with Gasteiger partial charge in [-0.1, -0.05) is 22.9 Å². The third-order valence-electron chi connectivity index (χ3n) is 3.30. The van der Waals surface area contributed by atoms with Gasteiger partial charge in [-0.05, 0) is 49.1 Å². The second kappa shape index (κ2) is 5.19. The van der Waals surface area contributed by atoms with Gasteiger partial charge in [0.1, 0.15) is 5.75 Å². The zero-order chi connectivity index (χ0) is 11.5. The molecule has 1 aliphatic rings. The van der Waals surface area contributed by atoms with E-state index in [2.05, 4.69) is 34.2 Å². The molecule has 0 amide bonds. The number of nitrogens with one attached hydrogen (secondary N) is 1. The van der Waals surface area contributed by atoms with Crippen LogP contribution in [0.3, 0.4) is 0 Å². The largest absolute Gasteiger partial charge is 0.507 e. The summed E-state index contributed by atoms with van der Waals surface area (Å²) in [6.07, 6.45) is 3.23. The van der Waals surface area contributed by atoms with E-state index in [1.165, 1.54) is 12.8 Å². The zero-order valence-corrected chi connectivity index (χ0v) is 11.2. The quantitative estimate of drug-likeness (QED) is 0.874. The third-order valence-corrected chi connectivity index (χ3v) is 3.76. The molecule has 0 aromatic heterocycles. The maximum atomic E-state index is 10.2. The first kappa shape index (κ1) is 11.9. The van der Waals surface area contributed by atoms with E-state index in [4.69, 9.17) is 0 Å². The molecule has 2 nitrogen and oxygen atoms in total.